The van der Waals surface area contributed by atoms with Crippen molar-refractivity contribution in [1.82, 2.24) is 15.6 Å². The van der Waals surface area contributed by atoms with E-state index in [1.54, 1.807) is 11.3 Å². The Bertz CT molecular complexity index is 538. The quantitative estimate of drug-likeness (QED) is 0.249. The van der Waals surface area contributed by atoms with Gasteiger partial charge in [0.1, 0.15) is 5.01 Å². The molecule has 7 heteroatoms. The second-order valence-electron chi connectivity index (χ2n) is 6.19. The van der Waals surface area contributed by atoms with E-state index in [0.717, 1.165) is 61.9 Å². The predicted octanol–water partition coefficient (Wildman–Crippen LogP) is 3.72. The number of nitrogens with zero attached hydrogens (tertiary/aromatic N) is 2. The van der Waals surface area contributed by atoms with Gasteiger partial charge in [-0.15, -0.1) is 11.3 Å². The number of esters is 1. The topological polar surface area (TPSA) is 75.6 Å². The third kappa shape index (κ3) is 9.75. The summed E-state index contributed by atoms with van der Waals surface area (Å²) in [6, 6.07) is 0. The highest BCUT2D eigenvalue weighted by Crippen LogP contribution is 2.16. The maximum atomic E-state index is 11.2. The normalized spacial score (nSPS) is 11.5. The molecule has 0 fully saturated rings. The van der Waals surface area contributed by atoms with Crippen molar-refractivity contribution < 1.29 is 9.53 Å². The molecular weight excluding hydrogens is 348 g/mol. The van der Waals surface area contributed by atoms with E-state index >= 15 is 0 Å². The van der Waals surface area contributed by atoms with Crippen molar-refractivity contribution in [2.75, 3.05) is 19.7 Å². The fourth-order valence-corrected chi connectivity index (χ4v) is 3.32. The molecule has 0 aliphatic rings. The van der Waals surface area contributed by atoms with E-state index < -0.39 is 0 Å². The largest absolute Gasteiger partial charge is 0.466 e. The van der Waals surface area contributed by atoms with Gasteiger partial charge >= 0.3 is 5.97 Å². The number of aliphatic imine (C=N–C) groups is 1. The molecule has 0 amide bonds. The van der Waals surface area contributed by atoms with E-state index in [1.807, 2.05) is 13.8 Å². The Morgan fingerprint density at radius 3 is 2.50 bits per heavy atom. The average molecular weight is 383 g/mol. The zero-order chi connectivity index (χ0) is 19.2. The van der Waals surface area contributed by atoms with Crippen LogP contribution in [0.15, 0.2) is 4.99 Å². The van der Waals surface area contributed by atoms with Gasteiger partial charge in [-0.3, -0.25) is 4.79 Å². The minimum absolute atomic E-state index is 0.0775. The first kappa shape index (κ1) is 22.4. The lowest BCUT2D eigenvalue weighted by Crippen LogP contribution is -2.37. The van der Waals surface area contributed by atoms with Crippen molar-refractivity contribution >= 4 is 23.3 Å². The number of hydrogen-bond acceptors (Lipinski definition) is 5. The van der Waals surface area contributed by atoms with Crippen molar-refractivity contribution in [3.8, 4) is 0 Å². The number of nitrogens with one attached hydrogen (secondary N) is 2. The minimum Gasteiger partial charge on any atom is -0.466 e. The number of aromatic nitrogens is 1. The Labute approximate surface area is 161 Å². The van der Waals surface area contributed by atoms with Crippen LogP contribution in [0.2, 0.25) is 0 Å². The zero-order valence-electron chi connectivity index (χ0n) is 16.7. The van der Waals surface area contributed by atoms with E-state index in [-0.39, 0.29) is 5.97 Å². The lowest BCUT2D eigenvalue weighted by molar-refractivity contribution is -0.143. The van der Waals surface area contributed by atoms with E-state index in [0.29, 0.717) is 19.6 Å². The minimum atomic E-state index is -0.0775. The second kappa shape index (κ2) is 13.6. The summed E-state index contributed by atoms with van der Waals surface area (Å²) in [6.45, 7) is 10.9. The summed E-state index contributed by atoms with van der Waals surface area (Å²) in [4.78, 5) is 21.6. The van der Waals surface area contributed by atoms with Crippen LogP contribution in [-0.4, -0.2) is 36.6 Å². The standard InChI is InChI=1S/C19H34N4O2S/c1-5-20-19(22-14-17-23-15(3)16(4)26-17)21-13-11-9-7-8-10-12-18(24)25-6-2/h5-14H2,1-4H3,(H2,20,21,22). The number of aryl methyl sites for hydroxylation is 2. The van der Waals surface area contributed by atoms with Gasteiger partial charge in [0, 0.05) is 24.4 Å². The molecular formula is C19H34N4O2S. The van der Waals surface area contributed by atoms with Crippen molar-refractivity contribution in [3.05, 3.63) is 15.6 Å². The number of rotatable bonds is 12. The van der Waals surface area contributed by atoms with Crippen LogP contribution in [0, 0.1) is 13.8 Å². The maximum Gasteiger partial charge on any atom is 0.305 e. The van der Waals surface area contributed by atoms with Crippen molar-refractivity contribution in [1.29, 1.82) is 0 Å². The molecule has 0 unspecified atom stereocenters. The van der Waals surface area contributed by atoms with Crippen LogP contribution in [0.4, 0.5) is 0 Å². The van der Waals surface area contributed by atoms with Crippen molar-refractivity contribution in [2.45, 2.75) is 72.8 Å². The Morgan fingerprint density at radius 1 is 1.12 bits per heavy atom. The van der Waals surface area contributed by atoms with Crippen LogP contribution in [-0.2, 0) is 16.1 Å². The van der Waals surface area contributed by atoms with Crippen molar-refractivity contribution in [2.24, 2.45) is 4.99 Å². The molecule has 0 saturated carbocycles. The van der Waals surface area contributed by atoms with Gasteiger partial charge in [0.25, 0.3) is 0 Å². The van der Waals surface area contributed by atoms with Gasteiger partial charge in [-0.2, -0.15) is 0 Å². The summed E-state index contributed by atoms with van der Waals surface area (Å²) in [6.07, 6.45) is 5.93. The number of thiazole rings is 1. The molecule has 0 aliphatic carbocycles. The molecule has 1 aromatic heterocycles. The molecule has 1 aromatic rings. The van der Waals surface area contributed by atoms with Crippen LogP contribution in [0.25, 0.3) is 0 Å². The van der Waals surface area contributed by atoms with Gasteiger partial charge in [0.15, 0.2) is 5.96 Å². The summed E-state index contributed by atoms with van der Waals surface area (Å²) in [7, 11) is 0. The molecule has 0 atom stereocenters. The lowest BCUT2D eigenvalue weighted by atomic mass is 10.1. The molecule has 0 spiro atoms. The molecule has 0 bridgehead atoms. The highest BCUT2D eigenvalue weighted by molar-refractivity contribution is 7.11. The first-order chi connectivity index (χ1) is 12.6. The highest BCUT2D eigenvalue weighted by Gasteiger charge is 2.04. The van der Waals surface area contributed by atoms with E-state index in [4.69, 9.17) is 4.74 Å². The predicted molar refractivity (Wildman–Crippen MR) is 109 cm³/mol. The fourth-order valence-electron chi connectivity index (χ4n) is 2.46. The van der Waals surface area contributed by atoms with Crippen LogP contribution < -0.4 is 10.6 Å². The van der Waals surface area contributed by atoms with Gasteiger partial charge in [0.2, 0.25) is 0 Å². The molecule has 148 valence electrons. The Kier molecular flexibility index (Phi) is 11.7. The third-order valence-corrected chi connectivity index (χ3v) is 5.00. The average Bonchev–Trinajstić information content (AvgIpc) is 2.93. The number of hydrogen-bond donors (Lipinski definition) is 2. The molecule has 26 heavy (non-hydrogen) atoms. The number of ether oxygens (including phenoxy) is 1. The summed E-state index contributed by atoms with van der Waals surface area (Å²) in [5, 5.41) is 7.71. The highest BCUT2D eigenvalue weighted by atomic mass is 32.1. The summed E-state index contributed by atoms with van der Waals surface area (Å²) < 4.78 is 4.93. The lowest BCUT2D eigenvalue weighted by Gasteiger charge is -2.10. The zero-order valence-corrected chi connectivity index (χ0v) is 17.5. The number of guanidine groups is 1. The smallest absolute Gasteiger partial charge is 0.305 e. The monoisotopic (exact) mass is 382 g/mol. The number of carbonyl (C=O) groups excluding carboxylic acids is 1. The molecule has 0 saturated heterocycles. The van der Waals surface area contributed by atoms with Crippen LogP contribution >= 0.6 is 11.3 Å². The van der Waals surface area contributed by atoms with E-state index in [9.17, 15) is 4.79 Å². The number of carbonyl (C=O) groups is 1. The first-order valence-electron chi connectivity index (χ1n) is 9.67. The van der Waals surface area contributed by atoms with Gasteiger partial charge < -0.3 is 15.4 Å². The molecule has 1 heterocycles. The fraction of sp³-hybridized carbons (Fsp3) is 0.737. The van der Waals surface area contributed by atoms with Gasteiger partial charge in [-0.1, -0.05) is 19.3 Å². The summed E-state index contributed by atoms with van der Waals surface area (Å²) >= 11 is 1.71. The Balaban J connectivity index is 2.17. The van der Waals surface area contributed by atoms with Crippen LogP contribution in [0.1, 0.15) is 68.0 Å². The van der Waals surface area contributed by atoms with Crippen LogP contribution in [0.5, 0.6) is 0 Å². The van der Waals surface area contributed by atoms with Gasteiger partial charge in [0.05, 0.1) is 18.8 Å². The number of unbranched alkanes of at least 4 members (excludes halogenated alkanes) is 4. The molecule has 0 aliphatic heterocycles. The first-order valence-corrected chi connectivity index (χ1v) is 10.5. The molecule has 0 aromatic carbocycles. The molecule has 6 nitrogen and oxygen atoms in total. The Hall–Kier alpha value is -1.63. The molecule has 2 N–H and O–H groups in total. The molecule has 1 rings (SSSR count). The van der Waals surface area contributed by atoms with Gasteiger partial charge in [-0.25, -0.2) is 9.98 Å². The van der Waals surface area contributed by atoms with Gasteiger partial charge in [-0.05, 0) is 40.5 Å². The van der Waals surface area contributed by atoms with E-state index in [1.165, 1.54) is 4.88 Å². The van der Waals surface area contributed by atoms with Crippen LogP contribution in [0.3, 0.4) is 0 Å². The molecule has 0 radical (unpaired) electrons. The van der Waals surface area contributed by atoms with Crippen molar-refractivity contribution in [3.63, 3.8) is 0 Å². The second-order valence-corrected chi connectivity index (χ2v) is 7.48. The maximum absolute atomic E-state index is 11.2. The Morgan fingerprint density at radius 2 is 1.85 bits per heavy atom. The summed E-state index contributed by atoms with van der Waals surface area (Å²) in [5.74, 6) is 0.770. The van der Waals surface area contributed by atoms with E-state index in [2.05, 4.69) is 34.5 Å². The third-order valence-electron chi connectivity index (χ3n) is 3.94. The summed E-state index contributed by atoms with van der Waals surface area (Å²) in [5.41, 5.74) is 1.10. The SMILES string of the molecule is CCNC(=NCc1nc(C)c(C)s1)NCCCCCCCC(=O)OCC.